The zero-order valence-electron chi connectivity index (χ0n) is 13.3. The summed E-state index contributed by atoms with van der Waals surface area (Å²) in [6.45, 7) is 2.28. The summed E-state index contributed by atoms with van der Waals surface area (Å²) in [5, 5.41) is 0.565. The Morgan fingerprint density at radius 1 is 1.00 bits per heavy atom. The van der Waals surface area contributed by atoms with Crippen LogP contribution in [-0.2, 0) is 6.54 Å². The van der Waals surface area contributed by atoms with Crippen LogP contribution in [0.25, 0.3) is 10.9 Å². The van der Waals surface area contributed by atoms with Crippen LogP contribution in [0, 0.1) is 5.92 Å². The Morgan fingerprint density at radius 2 is 1.75 bits per heavy atom. The normalized spacial score (nSPS) is 17.5. The molecule has 5 heteroatoms. The van der Waals surface area contributed by atoms with Gasteiger partial charge in [-0.1, -0.05) is 30.3 Å². The minimum absolute atomic E-state index is 0.201. The first kappa shape index (κ1) is 14.8. The van der Waals surface area contributed by atoms with Gasteiger partial charge in [0.15, 0.2) is 0 Å². The van der Waals surface area contributed by atoms with Crippen molar-refractivity contribution in [3.8, 4) is 0 Å². The predicted octanol–water partition coefficient (Wildman–Crippen LogP) is 2.22. The van der Waals surface area contributed by atoms with E-state index < -0.39 is 0 Å². The van der Waals surface area contributed by atoms with E-state index in [4.69, 9.17) is 0 Å². The van der Waals surface area contributed by atoms with Crippen LogP contribution >= 0.6 is 0 Å². The lowest BCUT2D eigenvalue weighted by molar-refractivity contribution is 0.464. The standard InChI is InChI=1S/C19H19N3O2/c23-18-16-8-4-5-9-17(16)20-19(24)22(18)13-14-10-11-21(12-14)15-6-2-1-3-7-15/h1-9,14H,10-13H2,(H,20,24)/t14-/m0/s1. The minimum Gasteiger partial charge on any atom is -0.371 e. The highest BCUT2D eigenvalue weighted by atomic mass is 16.2. The number of nitrogens with one attached hydrogen (secondary N) is 1. The number of hydrogen-bond donors (Lipinski definition) is 1. The Kier molecular flexibility index (Phi) is 3.69. The zero-order chi connectivity index (χ0) is 16.5. The summed E-state index contributed by atoms with van der Waals surface area (Å²) in [7, 11) is 0. The van der Waals surface area contributed by atoms with E-state index in [9.17, 15) is 9.59 Å². The highest BCUT2D eigenvalue weighted by Crippen LogP contribution is 2.24. The number of aromatic amines is 1. The van der Waals surface area contributed by atoms with E-state index >= 15 is 0 Å². The topological polar surface area (TPSA) is 58.1 Å². The molecule has 122 valence electrons. The lowest BCUT2D eigenvalue weighted by Gasteiger charge is -2.18. The van der Waals surface area contributed by atoms with Gasteiger partial charge in [-0.2, -0.15) is 0 Å². The van der Waals surface area contributed by atoms with Crippen molar-refractivity contribution in [3.63, 3.8) is 0 Å². The molecule has 2 aromatic carbocycles. The fourth-order valence-electron chi connectivity index (χ4n) is 3.48. The van der Waals surface area contributed by atoms with E-state index in [1.165, 1.54) is 10.3 Å². The third-order valence-corrected chi connectivity index (χ3v) is 4.74. The van der Waals surface area contributed by atoms with Crippen molar-refractivity contribution in [2.45, 2.75) is 13.0 Å². The molecular weight excluding hydrogens is 302 g/mol. The van der Waals surface area contributed by atoms with Crippen LogP contribution in [0.4, 0.5) is 5.69 Å². The van der Waals surface area contributed by atoms with Crippen LogP contribution in [-0.4, -0.2) is 22.6 Å². The van der Waals surface area contributed by atoms with Gasteiger partial charge in [-0.15, -0.1) is 0 Å². The van der Waals surface area contributed by atoms with Crippen molar-refractivity contribution in [2.24, 2.45) is 5.92 Å². The molecule has 1 aliphatic rings. The van der Waals surface area contributed by atoms with Crippen LogP contribution in [0.5, 0.6) is 0 Å². The number of benzene rings is 2. The Bertz CT molecular complexity index is 975. The zero-order valence-corrected chi connectivity index (χ0v) is 13.3. The molecule has 1 atom stereocenters. The average Bonchev–Trinajstić information content (AvgIpc) is 3.08. The number of rotatable bonds is 3. The van der Waals surface area contributed by atoms with E-state index in [0.717, 1.165) is 19.5 Å². The average molecular weight is 321 g/mol. The van der Waals surface area contributed by atoms with Gasteiger partial charge in [0.2, 0.25) is 0 Å². The quantitative estimate of drug-likeness (QED) is 0.805. The van der Waals surface area contributed by atoms with Gasteiger partial charge in [0.05, 0.1) is 10.9 Å². The highest BCUT2D eigenvalue weighted by molar-refractivity contribution is 5.76. The highest BCUT2D eigenvalue weighted by Gasteiger charge is 2.24. The molecular formula is C19H19N3O2. The van der Waals surface area contributed by atoms with Crippen LogP contribution < -0.4 is 16.1 Å². The lowest BCUT2D eigenvalue weighted by atomic mass is 10.1. The Morgan fingerprint density at radius 3 is 2.58 bits per heavy atom. The third-order valence-electron chi connectivity index (χ3n) is 4.74. The monoisotopic (exact) mass is 321 g/mol. The summed E-state index contributed by atoms with van der Waals surface area (Å²) in [6, 6.07) is 17.4. The van der Waals surface area contributed by atoms with E-state index in [2.05, 4.69) is 22.0 Å². The molecule has 1 fully saturated rings. The molecule has 0 aliphatic carbocycles. The molecule has 0 saturated carbocycles. The molecule has 24 heavy (non-hydrogen) atoms. The van der Waals surface area contributed by atoms with Crippen molar-refractivity contribution in [1.82, 2.24) is 9.55 Å². The number of H-pyrrole nitrogens is 1. The van der Waals surface area contributed by atoms with Gasteiger partial charge in [-0.05, 0) is 36.6 Å². The minimum atomic E-state index is -0.322. The SMILES string of the molecule is O=c1[nH]c2ccccc2c(=O)n1C[C@H]1CCN(c2ccccc2)C1. The molecule has 0 bridgehead atoms. The van der Waals surface area contributed by atoms with Crippen molar-refractivity contribution in [2.75, 3.05) is 18.0 Å². The number of fused-ring (bicyclic) bond motifs is 1. The second-order valence-electron chi connectivity index (χ2n) is 6.33. The van der Waals surface area contributed by atoms with Gasteiger partial charge in [0.1, 0.15) is 0 Å². The molecule has 1 N–H and O–H groups in total. The number of anilines is 1. The van der Waals surface area contributed by atoms with Gasteiger partial charge in [0.25, 0.3) is 5.56 Å². The number of hydrogen-bond acceptors (Lipinski definition) is 3. The van der Waals surface area contributed by atoms with Crippen LogP contribution in [0.3, 0.4) is 0 Å². The summed E-state index contributed by atoms with van der Waals surface area (Å²) in [5.74, 6) is 0.296. The number of para-hydroxylation sites is 2. The largest absolute Gasteiger partial charge is 0.371 e. The molecule has 1 aliphatic heterocycles. The van der Waals surface area contributed by atoms with Crippen molar-refractivity contribution < 1.29 is 0 Å². The van der Waals surface area contributed by atoms with Crippen LogP contribution in [0.2, 0.25) is 0 Å². The van der Waals surface area contributed by atoms with E-state index in [1.54, 1.807) is 12.1 Å². The fraction of sp³-hybridized carbons (Fsp3) is 0.263. The summed E-state index contributed by atoms with van der Waals surface area (Å²) in [5.41, 5.74) is 1.27. The summed E-state index contributed by atoms with van der Waals surface area (Å²) in [4.78, 5) is 30.0. The Balaban J connectivity index is 1.60. The second-order valence-corrected chi connectivity index (χ2v) is 6.33. The molecule has 5 nitrogen and oxygen atoms in total. The Hall–Kier alpha value is -2.82. The third kappa shape index (κ3) is 2.62. The molecule has 3 aromatic rings. The molecule has 2 heterocycles. The lowest BCUT2D eigenvalue weighted by Crippen LogP contribution is -2.37. The summed E-state index contributed by atoms with van der Waals surface area (Å²) < 4.78 is 1.35. The van der Waals surface area contributed by atoms with Gasteiger partial charge < -0.3 is 9.88 Å². The molecule has 0 spiro atoms. The smallest absolute Gasteiger partial charge is 0.328 e. The molecule has 0 radical (unpaired) electrons. The summed E-state index contributed by atoms with van der Waals surface area (Å²) in [6.07, 6.45) is 0.980. The second kappa shape index (κ2) is 6.00. The van der Waals surface area contributed by atoms with Gasteiger partial charge in [-0.25, -0.2) is 4.79 Å². The van der Waals surface area contributed by atoms with Crippen LogP contribution in [0.15, 0.2) is 64.2 Å². The molecule has 1 aromatic heterocycles. The van der Waals surface area contributed by atoms with Gasteiger partial charge in [0, 0.05) is 25.3 Å². The van der Waals surface area contributed by atoms with Gasteiger partial charge >= 0.3 is 5.69 Å². The number of nitrogens with zero attached hydrogens (tertiary/aromatic N) is 2. The van der Waals surface area contributed by atoms with E-state index in [0.29, 0.717) is 23.4 Å². The van der Waals surface area contributed by atoms with Crippen molar-refractivity contribution in [1.29, 1.82) is 0 Å². The first-order valence-corrected chi connectivity index (χ1v) is 8.24. The number of aromatic nitrogens is 2. The molecule has 4 rings (SSSR count). The maximum absolute atomic E-state index is 12.6. The first-order valence-electron chi connectivity index (χ1n) is 8.24. The van der Waals surface area contributed by atoms with Gasteiger partial charge in [-0.3, -0.25) is 9.36 Å². The summed E-state index contributed by atoms with van der Waals surface area (Å²) >= 11 is 0. The van der Waals surface area contributed by atoms with Crippen molar-refractivity contribution >= 4 is 16.6 Å². The molecule has 0 amide bonds. The van der Waals surface area contributed by atoms with Crippen LogP contribution in [0.1, 0.15) is 6.42 Å². The first-order chi connectivity index (χ1) is 11.7. The van der Waals surface area contributed by atoms with E-state index in [-0.39, 0.29) is 11.2 Å². The van der Waals surface area contributed by atoms with E-state index in [1.807, 2.05) is 30.3 Å². The van der Waals surface area contributed by atoms with Crippen molar-refractivity contribution in [3.05, 3.63) is 75.4 Å². The Labute approximate surface area is 139 Å². The maximum Gasteiger partial charge on any atom is 0.328 e. The maximum atomic E-state index is 12.6. The fourth-order valence-corrected chi connectivity index (χ4v) is 3.48. The predicted molar refractivity (Wildman–Crippen MR) is 95.6 cm³/mol. The molecule has 1 saturated heterocycles. The molecule has 0 unspecified atom stereocenters.